The van der Waals surface area contributed by atoms with Crippen LogP contribution in [0.3, 0.4) is 0 Å². The smallest absolute Gasteiger partial charge is 0.252 e. The van der Waals surface area contributed by atoms with Crippen LogP contribution in [0.2, 0.25) is 0 Å². The van der Waals surface area contributed by atoms with Gasteiger partial charge < -0.3 is 10.4 Å². The van der Waals surface area contributed by atoms with Gasteiger partial charge in [0, 0.05) is 23.4 Å². The van der Waals surface area contributed by atoms with Gasteiger partial charge in [0.2, 0.25) is 0 Å². The number of hydrogen-bond donors (Lipinski definition) is 2. The molecule has 2 N–H and O–H groups in total. The molecule has 1 aromatic rings. The topological polar surface area (TPSA) is 62.2 Å². The van der Waals surface area contributed by atoms with Crippen LogP contribution in [0.4, 0.5) is 0 Å². The molecule has 1 heterocycles. The first-order valence-corrected chi connectivity index (χ1v) is 6.77. The Morgan fingerprint density at radius 1 is 1.61 bits per heavy atom. The lowest BCUT2D eigenvalue weighted by Gasteiger charge is -2.29. The summed E-state index contributed by atoms with van der Waals surface area (Å²) in [6.45, 7) is 5.94. The number of pyridine rings is 1. The Morgan fingerprint density at radius 3 is 2.83 bits per heavy atom. The predicted octanol–water partition coefficient (Wildman–Crippen LogP) is 2.37. The summed E-state index contributed by atoms with van der Waals surface area (Å²) < 4.78 is 0.754. The van der Waals surface area contributed by atoms with Crippen molar-refractivity contribution in [1.29, 1.82) is 0 Å². The lowest BCUT2D eigenvalue weighted by molar-refractivity contribution is 0.00592. The molecule has 4 nitrogen and oxygen atoms in total. The molecule has 0 aliphatic rings. The fourth-order valence-corrected chi connectivity index (χ4v) is 1.88. The molecule has 0 radical (unpaired) electrons. The number of carbonyl (C=O) groups excluding carboxylic acids is 1. The third kappa shape index (κ3) is 4.07. The van der Waals surface area contributed by atoms with E-state index in [9.17, 15) is 9.90 Å². The van der Waals surface area contributed by atoms with Gasteiger partial charge in [-0.1, -0.05) is 20.3 Å². The van der Waals surface area contributed by atoms with Crippen molar-refractivity contribution < 1.29 is 9.90 Å². The molecule has 0 unspecified atom stereocenters. The van der Waals surface area contributed by atoms with Gasteiger partial charge in [0.25, 0.3) is 5.91 Å². The van der Waals surface area contributed by atoms with Gasteiger partial charge in [-0.05, 0) is 34.8 Å². The van der Waals surface area contributed by atoms with Crippen molar-refractivity contribution in [2.24, 2.45) is 5.92 Å². The van der Waals surface area contributed by atoms with E-state index in [1.807, 2.05) is 13.8 Å². The minimum absolute atomic E-state index is 0.124. The molecule has 1 rings (SSSR count). The van der Waals surface area contributed by atoms with E-state index >= 15 is 0 Å². The molecule has 0 spiro atoms. The van der Waals surface area contributed by atoms with E-state index in [1.165, 1.54) is 6.20 Å². The first kappa shape index (κ1) is 15.1. The van der Waals surface area contributed by atoms with Crippen molar-refractivity contribution in [3.05, 3.63) is 28.5 Å². The van der Waals surface area contributed by atoms with Gasteiger partial charge in [-0.3, -0.25) is 9.78 Å². The summed E-state index contributed by atoms with van der Waals surface area (Å²) in [6.07, 6.45) is 3.98. The predicted molar refractivity (Wildman–Crippen MR) is 74.3 cm³/mol. The van der Waals surface area contributed by atoms with E-state index < -0.39 is 5.60 Å². The Morgan fingerprint density at radius 2 is 2.28 bits per heavy atom. The SMILES string of the molecule is CC[C@@H](C)[C@@](C)(O)CNC(=O)c1cncc(Br)c1. The van der Waals surface area contributed by atoms with Gasteiger partial charge in [-0.25, -0.2) is 0 Å². The van der Waals surface area contributed by atoms with E-state index in [0.29, 0.717) is 5.56 Å². The highest BCUT2D eigenvalue weighted by atomic mass is 79.9. The number of aromatic nitrogens is 1. The highest BCUT2D eigenvalue weighted by molar-refractivity contribution is 9.10. The molecule has 0 bridgehead atoms. The Labute approximate surface area is 116 Å². The number of hydrogen-bond acceptors (Lipinski definition) is 3. The highest BCUT2D eigenvalue weighted by Gasteiger charge is 2.27. The molecule has 100 valence electrons. The van der Waals surface area contributed by atoms with Gasteiger partial charge in [0.05, 0.1) is 11.2 Å². The molecule has 0 fully saturated rings. The maximum atomic E-state index is 11.9. The molecule has 0 aliphatic carbocycles. The zero-order valence-corrected chi connectivity index (χ0v) is 12.5. The number of nitrogens with zero attached hydrogens (tertiary/aromatic N) is 1. The lowest BCUT2D eigenvalue weighted by Crippen LogP contribution is -2.45. The zero-order chi connectivity index (χ0) is 13.8. The average molecular weight is 315 g/mol. The summed E-state index contributed by atoms with van der Waals surface area (Å²) >= 11 is 3.26. The summed E-state index contributed by atoms with van der Waals surface area (Å²) in [7, 11) is 0. The van der Waals surface area contributed by atoms with Gasteiger partial charge in [-0.2, -0.15) is 0 Å². The number of aliphatic hydroxyl groups is 1. The summed E-state index contributed by atoms with van der Waals surface area (Å²) in [5, 5.41) is 12.9. The summed E-state index contributed by atoms with van der Waals surface area (Å²) in [6, 6.07) is 1.69. The molecule has 2 atom stereocenters. The zero-order valence-electron chi connectivity index (χ0n) is 10.9. The van der Waals surface area contributed by atoms with Crippen LogP contribution in [-0.2, 0) is 0 Å². The Balaban J connectivity index is 2.61. The van der Waals surface area contributed by atoms with Crippen LogP contribution in [0.5, 0.6) is 0 Å². The summed E-state index contributed by atoms with van der Waals surface area (Å²) in [5.74, 6) is -0.106. The summed E-state index contributed by atoms with van der Waals surface area (Å²) in [5.41, 5.74) is -0.423. The first-order valence-electron chi connectivity index (χ1n) is 5.98. The Bertz CT molecular complexity index is 421. The number of amides is 1. The molecule has 0 aromatic carbocycles. The van der Waals surface area contributed by atoms with Crippen LogP contribution in [0, 0.1) is 5.92 Å². The van der Waals surface area contributed by atoms with Crippen LogP contribution in [0.15, 0.2) is 22.9 Å². The van der Waals surface area contributed by atoms with Crippen molar-refractivity contribution in [3.63, 3.8) is 0 Å². The summed E-state index contributed by atoms with van der Waals surface area (Å²) in [4.78, 5) is 15.8. The molecule has 0 saturated heterocycles. The minimum atomic E-state index is -0.899. The normalized spacial score (nSPS) is 15.8. The minimum Gasteiger partial charge on any atom is -0.388 e. The maximum absolute atomic E-state index is 11.9. The molecule has 1 amide bonds. The van der Waals surface area contributed by atoms with E-state index in [0.717, 1.165) is 10.9 Å². The third-order valence-electron chi connectivity index (χ3n) is 3.25. The Kier molecular flexibility index (Phi) is 5.28. The van der Waals surface area contributed by atoms with Crippen molar-refractivity contribution in [3.8, 4) is 0 Å². The van der Waals surface area contributed by atoms with E-state index in [4.69, 9.17) is 0 Å². The quantitative estimate of drug-likeness (QED) is 0.877. The molecular formula is C13H19BrN2O2. The molecule has 0 saturated carbocycles. The monoisotopic (exact) mass is 314 g/mol. The number of nitrogens with one attached hydrogen (secondary N) is 1. The fourth-order valence-electron chi connectivity index (χ4n) is 1.51. The molecule has 1 aromatic heterocycles. The highest BCUT2D eigenvalue weighted by Crippen LogP contribution is 2.19. The van der Waals surface area contributed by atoms with Gasteiger partial charge >= 0.3 is 0 Å². The average Bonchev–Trinajstić information content (AvgIpc) is 2.35. The Hall–Kier alpha value is -0.940. The van der Waals surface area contributed by atoms with E-state index in [1.54, 1.807) is 19.2 Å². The maximum Gasteiger partial charge on any atom is 0.252 e. The lowest BCUT2D eigenvalue weighted by atomic mass is 9.88. The number of carbonyl (C=O) groups is 1. The van der Waals surface area contributed by atoms with Crippen molar-refractivity contribution in [2.75, 3.05) is 6.54 Å². The second kappa shape index (κ2) is 6.29. The van der Waals surface area contributed by atoms with Crippen LogP contribution in [0.25, 0.3) is 0 Å². The largest absolute Gasteiger partial charge is 0.388 e. The van der Waals surface area contributed by atoms with Crippen LogP contribution < -0.4 is 5.32 Å². The van der Waals surface area contributed by atoms with Crippen LogP contribution >= 0.6 is 15.9 Å². The first-order chi connectivity index (χ1) is 8.36. The molecular weight excluding hydrogens is 296 g/mol. The molecule has 18 heavy (non-hydrogen) atoms. The van der Waals surface area contributed by atoms with Crippen molar-refractivity contribution in [2.45, 2.75) is 32.8 Å². The van der Waals surface area contributed by atoms with Crippen LogP contribution in [0.1, 0.15) is 37.6 Å². The van der Waals surface area contributed by atoms with Gasteiger partial charge in [-0.15, -0.1) is 0 Å². The van der Waals surface area contributed by atoms with Crippen LogP contribution in [-0.4, -0.2) is 28.1 Å². The van der Waals surface area contributed by atoms with Crippen molar-refractivity contribution in [1.82, 2.24) is 10.3 Å². The molecule has 0 aliphatic heterocycles. The third-order valence-corrected chi connectivity index (χ3v) is 3.68. The fraction of sp³-hybridized carbons (Fsp3) is 0.538. The number of halogens is 1. The van der Waals surface area contributed by atoms with E-state index in [-0.39, 0.29) is 18.4 Å². The second-order valence-electron chi connectivity index (χ2n) is 4.74. The molecule has 5 heteroatoms. The van der Waals surface area contributed by atoms with Gasteiger partial charge in [0.15, 0.2) is 0 Å². The van der Waals surface area contributed by atoms with Gasteiger partial charge in [0.1, 0.15) is 0 Å². The van der Waals surface area contributed by atoms with Crippen molar-refractivity contribution >= 4 is 21.8 Å². The standard InChI is InChI=1S/C13H19BrN2O2/c1-4-9(2)13(3,18)8-16-12(17)10-5-11(14)7-15-6-10/h5-7,9,18H,4,8H2,1-3H3,(H,16,17)/t9-,13+/m1/s1. The van der Waals surface area contributed by atoms with E-state index in [2.05, 4.69) is 26.2 Å². The number of rotatable bonds is 5. The second-order valence-corrected chi connectivity index (χ2v) is 5.66.